The van der Waals surface area contributed by atoms with Gasteiger partial charge in [-0.25, -0.2) is 0 Å². The minimum absolute atomic E-state index is 0.258. The second-order valence-electron chi connectivity index (χ2n) is 4.41. The molecule has 1 aromatic rings. The van der Waals surface area contributed by atoms with Gasteiger partial charge in [0, 0.05) is 29.2 Å². The maximum Gasteiger partial charge on any atom is 0.0510 e. The normalized spacial score (nSPS) is 22.2. The Hall–Kier alpha value is -0.510. The van der Waals surface area contributed by atoms with Crippen LogP contribution in [0.2, 0.25) is 0 Å². The number of ether oxygens (including phenoxy) is 1. The van der Waals surface area contributed by atoms with Gasteiger partial charge in [0.1, 0.15) is 0 Å². The molecule has 2 atom stereocenters. The van der Waals surface area contributed by atoms with Gasteiger partial charge in [-0.3, -0.25) is 0 Å². The van der Waals surface area contributed by atoms with Crippen LogP contribution in [0, 0.1) is 12.8 Å². The third-order valence-electron chi connectivity index (χ3n) is 3.03. The van der Waals surface area contributed by atoms with Crippen molar-refractivity contribution in [3.63, 3.8) is 0 Å². The van der Waals surface area contributed by atoms with Crippen LogP contribution in [0.1, 0.15) is 12.0 Å². The maximum atomic E-state index is 6.16. The van der Waals surface area contributed by atoms with Gasteiger partial charge in [-0.2, -0.15) is 0 Å². The summed E-state index contributed by atoms with van der Waals surface area (Å²) in [6, 6.07) is 8.88. The van der Waals surface area contributed by atoms with Gasteiger partial charge >= 0.3 is 0 Å². The molecule has 2 N–H and O–H groups in total. The van der Waals surface area contributed by atoms with Crippen LogP contribution in [0.4, 0.5) is 0 Å². The van der Waals surface area contributed by atoms with Gasteiger partial charge in [0.15, 0.2) is 0 Å². The molecule has 0 radical (unpaired) electrons. The number of thioether (sulfide) groups is 1. The molecule has 0 amide bonds. The molecule has 2 nitrogen and oxygen atoms in total. The SMILES string of the molecule is Cc1ccc(SCC(N)C2CCOC2)cc1. The molecule has 0 bridgehead atoms. The third-order valence-corrected chi connectivity index (χ3v) is 4.19. The van der Waals surface area contributed by atoms with Crippen molar-refractivity contribution < 1.29 is 4.74 Å². The topological polar surface area (TPSA) is 35.2 Å². The van der Waals surface area contributed by atoms with Crippen LogP contribution in [0.25, 0.3) is 0 Å². The van der Waals surface area contributed by atoms with E-state index in [1.54, 1.807) is 0 Å². The predicted molar refractivity (Wildman–Crippen MR) is 68.8 cm³/mol. The quantitative estimate of drug-likeness (QED) is 0.817. The molecule has 1 heterocycles. The van der Waals surface area contributed by atoms with Crippen molar-refractivity contribution >= 4 is 11.8 Å². The van der Waals surface area contributed by atoms with Gasteiger partial charge < -0.3 is 10.5 Å². The van der Waals surface area contributed by atoms with Crippen molar-refractivity contribution in [1.29, 1.82) is 0 Å². The maximum absolute atomic E-state index is 6.16. The molecule has 1 aliphatic heterocycles. The smallest absolute Gasteiger partial charge is 0.0510 e. The Labute approximate surface area is 102 Å². The minimum Gasteiger partial charge on any atom is -0.381 e. The lowest BCUT2D eigenvalue weighted by Gasteiger charge is -2.16. The van der Waals surface area contributed by atoms with Crippen LogP contribution >= 0.6 is 11.8 Å². The molecule has 0 spiro atoms. The van der Waals surface area contributed by atoms with E-state index in [1.165, 1.54) is 10.5 Å². The standard InChI is InChI=1S/C13H19NOS/c1-10-2-4-12(5-3-10)16-9-13(14)11-6-7-15-8-11/h2-5,11,13H,6-9,14H2,1H3. The van der Waals surface area contributed by atoms with Crippen LogP contribution < -0.4 is 5.73 Å². The van der Waals surface area contributed by atoms with E-state index in [0.717, 1.165) is 25.4 Å². The van der Waals surface area contributed by atoms with Gasteiger partial charge in [-0.15, -0.1) is 11.8 Å². The van der Waals surface area contributed by atoms with E-state index in [0.29, 0.717) is 5.92 Å². The average Bonchev–Trinajstić information content (AvgIpc) is 2.81. The molecule has 1 aliphatic rings. The van der Waals surface area contributed by atoms with E-state index in [9.17, 15) is 0 Å². The Kier molecular flexibility index (Phi) is 4.27. The largest absolute Gasteiger partial charge is 0.381 e. The molecule has 1 aromatic carbocycles. The van der Waals surface area contributed by atoms with E-state index in [4.69, 9.17) is 10.5 Å². The van der Waals surface area contributed by atoms with Crippen LogP contribution in [0.15, 0.2) is 29.2 Å². The summed E-state index contributed by atoms with van der Waals surface area (Å²) in [6.07, 6.45) is 1.12. The Balaban J connectivity index is 1.80. The molecule has 88 valence electrons. The molecule has 2 rings (SSSR count). The summed E-state index contributed by atoms with van der Waals surface area (Å²) in [5, 5.41) is 0. The Morgan fingerprint density at radius 3 is 2.81 bits per heavy atom. The van der Waals surface area contributed by atoms with E-state index in [-0.39, 0.29) is 6.04 Å². The Morgan fingerprint density at radius 2 is 2.19 bits per heavy atom. The van der Waals surface area contributed by atoms with Gasteiger partial charge in [0.25, 0.3) is 0 Å². The number of nitrogens with two attached hydrogens (primary N) is 1. The molecule has 0 saturated carbocycles. The summed E-state index contributed by atoms with van der Waals surface area (Å²) in [6.45, 7) is 3.83. The lowest BCUT2D eigenvalue weighted by molar-refractivity contribution is 0.182. The second-order valence-corrected chi connectivity index (χ2v) is 5.50. The highest BCUT2D eigenvalue weighted by atomic mass is 32.2. The summed E-state index contributed by atoms with van der Waals surface area (Å²) < 4.78 is 5.36. The molecular formula is C13H19NOS. The van der Waals surface area contributed by atoms with Crippen molar-refractivity contribution in [2.24, 2.45) is 11.7 Å². The van der Waals surface area contributed by atoms with Gasteiger partial charge in [0.2, 0.25) is 0 Å². The fourth-order valence-corrected chi connectivity index (χ4v) is 2.84. The zero-order valence-corrected chi connectivity index (χ0v) is 10.5. The highest BCUT2D eigenvalue weighted by Crippen LogP contribution is 2.23. The molecular weight excluding hydrogens is 218 g/mol. The van der Waals surface area contributed by atoms with E-state index in [1.807, 2.05) is 11.8 Å². The van der Waals surface area contributed by atoms with Crippen molar-refractivity contribution in [2.45, 2.75) is 24.3 Å². The molecule has 3 heteroatoms. The fourth-order valence-electron chi connectivity index (χ4n) is 1.85. The van der Waals surface area contributed by atoms with E-state index < -0.39 is 0 Å². The molecule has 0 aromatic heterocycles. The third kappa shape index (κ3) is 3.24. The highest BCUT2D eigenvalue weighted by Gasteiger charge is 2.22. The van der Waals surface area contributed by atoms with Gasteiger partial charge in [0.05, 0.1) is 6.61 Å². The monoisotopic (exact) mass is 237 g/mol. The first-order valence-electron chi connectivity index (χ1n) is 5.78. The van der Waals surface area contributed by atoms with Crippen molar-refractivity contribution in [3.8, 4) is 0 Å². The molecule has 2 unspecified atom stereocenters. The summed E-state index contributed by atoms with van der Waals surface area (Å²) in [5.74, 6) is 1.54. The number of rotatable bonds is 4. The first-order chi connectivity index (χ1) is 7.75. The summed E-state index contributed by atoms with van der Waals surface area (Å²) in [4.78, 5) is 1.31. The van der Waals surface area contributed by atoms with Crippen molar-refractivity contribution in [2.75, 3.05) is 19.0 Å². The van der Waals surface area contributed by atoms with Crippen molar-refractivity contribution in [1.82, 2.24) is 0 Å². The summed E-state index contributed by atoms with van der Waals surface area (Å²) >= 11 is 1.84. The van der Waals surface area contributed by atoms with Gasteiger partial charge in [-0.05, 0) is 25.5 Å². The number of hydrogen-bond acceptors (Lipinski definition) is 3. The minimum atomic E-state index is 0.258. The van der Waals surface area contributed by atoms with E-state index >= 15 is 0 Å². The van der Waals surface area contributed by atoms with Crippen LogP contribution in [-0.2, 0) is 4.74 Å². The lowest BCUT2D eigenvalue weighted by Crippen LogP contribution is -2.32. The first kappa shape index (κ1) is 12.0. The number of hydrogen-bond donors (Lipinski definition) is 1. The van der Waals surface area contributed by atoms with Crippen LogP contribution in [-0.4, -0.2) is 25.0 Å². The van der Waals surface area contributed by atoms with E-state index in [2.05, 4.69) is 31.2 Å². The summed E-state index contributed by atoms with van der Waals surface area (Å²) in [7, 11) is 0. The molecule has 1 fully saturated rings. The molecule has 1 saturated heterocycles. The zero-order valence-electron chi connectivity index (χ0n) is 9.69. The second kappa shape index (κ2) is 5.71. The zero-order chi connectivity index (χ0) is 11.4. The number of aryl methyl sites for hydroxylation is 1. The summed E-state index contributed by atoms with van der Waals surface area (Å²) in [5.41, 5.74) is 7.46. The van der Waals surface area contributed by atoms with Crippen LogP contribution in [0.3, 0.4) is 0 Å². The Morgan fingerprint density at radius 1 is 1.44 bits per heavy atom. The highest BCUT2D eigenvalue weighted by molar-refractivity contribution is 7.99. The average molecular weight is 237 g/mol. The number of benzene rings is 1. The lowest BCUT2D eigenvalue weighted by atomic mass is 10.0. The first-order valence-corrected chi connectivity index (χ1v) is 6.77. The van der Waals surface area contributed by atoms with Crippen molar-refractivity contribution in [3.05, 3.63) is 29.8 Å². The predicted octanol–water partition coefficient (Wildman–Crippen LogP) is 2.45. The fraction of sp³-hybridized carbons (Fsp3) is 0.538. The molecule has 16 heavy (non-hydrogen) atoms. The Bertz CT molecular complexity index is 319. The van der Waals surface area contributed by atoms with Crippen LogP contribution in [0.5, 0.6) is 0 Å². The van der Waals surface area contributed by atoms with Gasteiger partial charge in [-0.1, -0.05) is 17.7 Å². The molecule has 0 aliphatic carbocycles.